The number of aromatic nitrogens is 2. The molecule has 1 heterocycles. The van der Waals surface area contributed by atoms with Gasteiger partial charge in [0.1, 0.15) is 5.69 Å². The van der Waals surface area contributed by atoms with Crippen LogP contribution in [0.5, 0.6) is 0 Å². The molecular formula is C8H9ClN2O4. The lowest BCUT2D eigenvalue weighted by Gasteiger charge is -2.16. The van der Waals surface area contributed by atoms with E-state index >= 15 is 0 Å². The first-order chi connectivity index (χ1) is 6.73. The van der Waals surface area contributed by atoms with E-state index in [-0.39, 0.29) is 5.56 Å². The monoisotopic (exact) mass is 232 g/mol. The average Bonchev–Trinajstić information content (AvgIpc) is 1.99. The van der Waals surface area contributed by atoms with Crippen LogP contribution in [-0.2, 0) is 4.87 Å². The number of H-pyrrole nitrogens is 2. The van der Waals surface area contributed by atoms with Crippen molar-refractivity contribution < 1.29 is 9.90 Å². The van der Waals surface area contributed by atoms with Crippen molar-refractivity contribution in [2.75, 3.05) is 0 Å². The van der Waals surface area contributed by atoms with Crippen LogP contribution in [0.2, 0.25) is 0 Å². The van der Waals surface area contributed by atoms with Gasteiger partial charge in [-0.3, -0.25) is 9.78 Å². The van der Waals surface area contributed by atoms with Crippen molar-refractivity contribution in [3.8, 4) is 0 Å². The highest BCUT2D eigenvalue weighted by Gasteiger charge is 2.28. The Hall–Kier alpha value is -1.56. The fourth-order valence-corrected chi connectivity index (χ4v) is 1.39. The predicted octanol–water partition coefficient (Wildman–Crippen LogP) is 0.235. The van der Waals surface area contributed by atoms with E-state index in [4.69, 9.17) is 16.7 Å². The van der Waals surface area contributed by atoms with Crippen LogP contribution in [0.4, 0.5) is 0 Å². The Morgan fingerprint density at radius 2 is 1.87 bits per heavy atom. The molecule has 7 heteroatoms. The third-order valence-corrected chi connectivity index (χ3v) is 1.94. The smallest absolute Gasteiger partial charge is 0.353 e. The van der Waals surface area contributed by atoms with E-state index in [1.165, 1.54) is 13.8 Å². The van der Waals surface area contributed by atoms with Gasteiger partial charge >= 0.3 is 11.7 Å². The number of nitrogens with one attached hydrogen (secondary N) is 2. The largest absolute Gasteiger partial charge is 0.477 e. The van der Waals surface area contributed by atoms with Gasteiger partial charge in [-0.05, 0) is 13.8 Å². The van der Waals surface area contributed by atoms with Crippen LogP contribution >= 0.6 is 11.6 Å². The fourth-order valence-electron chi connectivity index (χ4n) is 1.21. The summed E-state index contributed by atoms with van der Waals surface area (Å²) in [6.07, 6.45) is 0. The van der Waals surface area contributed by atoms with Crippen LogP contribution in [0.1, 0.15) is 29.9 Å². The second kappa shape index (κ2) is 3.54. The van der Waals surface area contributed by atoms with Crippen molar-refractivity contribution in [3.63, 3.8) is 0 Å². The second-order valence-corrected chi connectivity index (χ2v) is 4.38. The van der Waals surface area contributed by atoms with Gasteiger partial charge in [0.25, 0.3) is 5.56 Å². The van der Waals surface area contributed by atoms with Crippen LogP contribution in [0.3, 0.4) is 0 Å². The third kappa shape index (κ3) is 2.27. The highest BCUT2D eigenvalue weighted by Crippen LogP contribution is 2.25. The Morgan fingerprint density at radius 3 is 2.27 bits per heavy atom. The Labute approximate surface area is 88.9 Å². The van der Waals surface area contributed by atoms with Crippen molar-refractivity contribution in [3.05, 3.63) is 32.1 Å². The molecule has 0 radical (unpaired) electrons. The number of aromatic amines is 2. The first-order valence-electron chi connectivity index (χ1n) is 4.02. The van der Waals surface area contributed by atoms with Crippen LogP contribution in [0.15, 0.2) is 9.59 Å². The van der Waals surface area contributed by atoms with Gasteiger partial charge in [-0.2, -0.15) is 0 Å². The maximum Gasteiger partial charge on any atom is 0.353 e. The molecule has 1 rings (SSSR count). The lowest BCUT2D eigenvalue weighted by atomic mass is 10.0. The minimum atomic E-state index is -1.40. The van der Waals surface area contributed by atoms with Gasteiger partial charge in [-0.1, -0.05) is 0 Å². The summed E-state index contributed by atoms with van der Waals surface area (Å²) in [5.41, 5.74) is -2.32. The lowest BCUT2D eigenvalue weighted by Crippen LogP contribution is -2.34. The summed E-state index contributed by atoms with van der Waals surface area (Å²) in [4.78, 5) is 35.8. The van der Waals surface area contributed by atoms with Crippen molar-refractivity contribution in [2.24, 2.45) is 0 Å². The summed E-state index contributed by atoms with van der Waals surface area (Å²) in [6.45, 7) is 2.92. The van der Waals surface area contributed by atoms with Gasteiger partial charge in [0, 0.05) is 0 Å². The summed E-state index contributed by atoms with van der Waals surface area (Å²) in [6, 6.07) is 0. The topological polar surface area (TPSA) is 103 Å². The molecule has 0 aliphatic heterocycles. The van der Waals surface area contributed by atoms with Gasteiger partial charge in [0.2, 0.25) is 0 Å². The van der Waals surface area contributed by atoms with E-state index in [1.54, 1.807) is 0 Å². The van der Waals surface area contributed by atoms with E-state index < -0.39 is 27.8 Å². The molecule has 0 aliphatic carbocycles. The summed E-state index contributed by atoms with van der Waals surface area (Å²) in [5, 5.41) is 8.80. The van der Waals surface area contributed by atoms with Gasteiger partial charge < -0.3 is 10.1 Å². The summed E-state index contributed by atoms with van der Waals surface area (Å²) in [5.74, 6) is -1.40. The second-order valence-electron chi connectivity index (χ2n) is 3.44. The number of aromatic carboxylic acids is 1. The molecule has 0 aromatic carbocycles. The van der Waals surface area contributed by atoms with E-state index in [0.29, 0.717) is 0 Å². The van der Waals surface area contributed by atoms with E-state index in [1.807, 2.05) is 9.97 Å². The van der Waals surface area contributed by atoms with Gasteiger partial charge in [-0.25, -0.2) is 9.59 Å². The average molecular weight is 233 g/mol. The molecule has 0 unspecified atom stereocenters. The van der Waals surface area contributed by atoms with E-state index in [0.717, 1.165) is 0 Å². The zero-order valence-electron chi connectivity index (χ0n) is 8.05. The number of carboxylic acids is 1. The Bertz CT molecular complexity index is 509. The third-order valence-electron chi connectivity index (χ3n) is 1.75. The molecule has 0 aliphatic rings. The number of halogens is 1. The minimum Gasteiger partial charge on any atom is -0.477 e. The molecule has 1 aromatic rings. The van der Waals surface area contributed by atoms with Crippen LogP contribution in [-0.4, -0.2) is 21.0 Å². The zero-order chi connectivity index (χ0) is 11.8. The van der Waals surface area contributed by atoms with Crippen molar-refractivity contribution in [1.82, 2.24) is 9.97 Å². The number of rotatable bonds is 2. The Morgan fingerprint density at radius 1 is 1.33 bits per heavy atom. The zero-order valence-corrected chi connectivity index (χ0v) is 8.81. The molecule has 0 saturated carbocycles. The van der Waals surface area contributed by atoms with Crippen molar-refractivity contribution >= 4 is 17.6 Å². The standard InChI is InChI=1S/C8H9ClN2O4/c1-8(2,9)3-4(6(13)14)10-7(15)11-5(3)12/h1-2H3,(H,13,14)(H2,10,11,12,15). The molecule has 1 aromatic heterocycles. The molecular weight excluding hydrogens is 224 g/mol. The molecule has 6 nitrogen and oxygen atoms in total. The van der Waals surface area contributed by atoms with Crippen LogP contribution in [0.25, 0.3) is 0 Å². The van der Waals surface area contributed by atoms with Gasteiger partial charge in [0.15, 0.2) is 0 Å². The van der Waals surface area contributed by atoms with Crippen LogP contribution in [0, 0.1) is 0 Å². The summed E-state index contributed by atoms with van der Waals surface area (Å²) in [7, 11) is 0. The molecule has 0 saturated heterocycles. The van der Waals surface area contributed by atoms with Gasteiger partial charge in [0.05, 0.1) is 10.4 Å². The maximum absolute atomic E-state index is 11.4. The quantitative estimate of drug-likeness (QED) is 0.635. The maximum atomic E-state index is 11.4. The highest BCUT2D eigenvalue weighted by atomic mass is 35.5. The van der Waals surface area contributed by atoms with Crippen molar-refractivity contribution in [2.45, 2.75) is 18.7 Å². The van der Waals surface area contributed by atoms with E-state index in [9.17, 15) is 14.4 Å². The molecule has 0 amide bonds. The Balaban J connectivity index is 3.70. The molecule has 0 atom stereocenters. The number of alkyl halides is 1. The summed E-state index contributed by atoms with van der Waals surface area (Å²) < 4.78 is 0. The Kier molecular flexibility index (Phi) is 2.72. The SMILES string of the molecule is CC(C)(Cl)c1c(C(=O)O)[nH]c(=O)[nH]c1=O. The highest BCUT2D eigenvalue weighted by molar-refractivity contribution is 6.24. The van der Waals surface area contributed by atoms with E-state index in [2.05, 4.69) is 0 Å². The summed E-state index contributed by atoms with van der Waals surface area (Å²) >= 11 is 5.86. The van der Waals surface area contributed by atoms with Gasteiger partial charge in [-0.15, -0.1) is 11.6 Å². The first kappa shape index (κ1) is 11.5. The fraction of sp³-hybridized carbons (Fsp3) is 0.375. The predicted molar refractivity (Wildman–Crippen MR) is 53.5 cm³/mol. The molecule has 0 fully saturated rings. The molecule has 0 spiro atoms. The molecule has 15 heavy (non-hydrogen) atoms. The normalized spacial score (nSPS) is 11.4. The molecule has 82 valence electrons. The molecule has 3 N–H and O–H groups in total. The minimum absolute atomic E-state index is 0.170. The lowest BCUT2D eigenvalue weighted by molar-refractivity contribution is 0.0687. The number of carboxylic acid groups (broad SMARTS) is 1. The van der Waals surface area contributed by atoms with Crippen molar-refractivity contribution in [1.29, 1.82) is 0 Å². The number of hydrogen-bond acceptors (Lipinski definition) is 3. The number of hydrogen-bond donors (Lipinski definition) is 3. The number of carbonyl (C=O) groups is 1. The first-order valence-corrected chi connectivity index (χ1v) is 4.40. The molecule has 0 bridgehead atoms. The van der Waals surface area contributed by atoms with Crippen LogP contribution < -0.4 is 11.2 Å².